The Labute approximate surface area is 104 Å². The minimum Gasteiger partial charge on any atom is -0.345 e. The minimum atomic E-state index is -0.0409. The lowest BCUT2D eigenvalue weighted by Gasteiger charge is -2.11. The Kier molecular flexibility index (Phi) is 3.28. The molecule has 0 fully saturated rings. The molecular formula is C12H15N3OS. The van der Waals surface area contributed by atoms with Gasteiger partial charge in [0.25, 0.3) is 5.91 Å². The van der Waals surface area contributed by atoms with Gasteiger partial charge in [0.1, 0.15) is 0 Å². The Morgan fingerprint density at radius 3 is 2.82 bits per heavy atom. The number of H-pyrrole nitrogens is 1. The zero-order valence-electron chi connectivity index (χ0n) is 10.1. The minimum absolute atomic E-state index is 0.0273. The molecule has 1 unspecified atom stereocenters. The molecule has 0 aromatic carbocycles. The van der Waals surface area contributed by atoms with Crippen molar-refractivity contribution in [1.29, 1.82) is 0 Å². The number of thiophene rings is 1. The lowest BCUT2D eigenvalue weighted by Crippen LogP contribution is -2.26. The van der Waals surface area contributed by atoms with Crippen LogP contribution in [0.5, 0.6) is 0 Å². The van der Waals surface area contributed by atoms with Crippen molar-refractivity contribution >= 4 is 17.2 Å². The molecule has 0 aliphatic heterocycles. The van der Waals surface area contributed by atoms with Crippen molar-refractivity contribution < 1.29 is 4.79 Å². The van der Waals surface area contributed by atoms with Crippen LogP contribution in [0, 0.1) is 13.8 Å². The fraction of sp³-hybridized carbons (Fsp3) is 0.333. The highest BCUT2D eigenvalue weighted by Gasteiger charge is 2.15. The Morgan fingerprint density at radius 1 is 1.53 bits per heavy atom. The monoisotopic (exact) mass is 249 g/mol. The van der Waals surface area contributed by atoms with E-state index in [4.69, 9.17) is 0 Å². The number of carbonyl (C=O) groups excluding carboxylic acids is 1. The van der Waals surface area contributed by atoms with Crippen molar-refractivity contribution in [3.8, 4) is 0 Å². The van der Waals surface area contributed by atoms with Gasteiger partial charge in [-0.15, -0.1) is 11.3 Å². The number of nitrogens with zero attached hydrogens (tertiary/aromatic N) is 1. The number of amides is 1. The average Bonchev–Trinajstić information content (AvgIpc) is 2.87. The van der Waals surface area contributed by atoms with E-state index in [0.717, 1.165) is 20.9 Å². The van der Waals surface area contributed by atoms with Gasteiger partial charge in [0.05, 0.1) is 17.8 Å². The third-order valence-corrected chi connectivity index (χ3v) is 3.62. The summed E-state index contributed by atoms with van der Waals surface area (Å²) in [5.74, 6) is -0.0273. The first-order chi connectivity index (χ1) is 8.08. The SMILES string of the molecule is Cc1cc(C(=O)NC(C)c2cn[nH]c2)c(C)s1. The molecule has 2 aromatic rings. The fourth-order valence-electron chi connectivity index (χ4n) is 1.71. The molecule has 2 rings (SSSR count). The van der Waals surface area contributed by atoms with Gasteiger partial charge in [-0.1, -0.05) is 0 Å². The van der Waals surface area contributed by atoms with Crippen LogP contribution in [0.25, 0.3) is 0 Å². The third kappa shape index (κ3) is 2.55. The lowest BCUT2D eigenvalue weighted by molar-refractivity contribution is 0.0940. The molecular weight excluding hydrogens is 234 g/mol. The Morgan fingerprint density at radius 2 is 2.29 bits per heavy atom. The van der Waals surface area contributed by atoms with E-state index in [2.05, 4.69) is 15.5 Å². The first-order valence-electron chi connectivity index (χ1n) is 5.44. The van der Waals surface area contributed by atoms with Crippen molar-refractivity contribution in [2.75, 3.05) is 0 Å². The van der Waals surface area contributed by atoms with Crippen LogP contribution in [-0.4, -0.2) is 16.1 Å². The van der Waals surface area contributed by atoms with Crippen molar-refractivity contribution in [3.63, 3.8) is 0 Å². The van der Waals surface area contributed by atoms with Crippen molar-refractivity contribution in [3.05, 3.63) is 39.3 Å². The maximum atomic E-state index is 12.0. The van der Waals surface area contributed by atoms with Crippen LogP contribution in [0.4, 0.5) is 0 Å². The number of hydrogen-bond donors (Lipinski definition) is 2. The van der Waals surface area contributed by atoms with Gasteiger partial charge in [0.2, 0.25) is 0 Å². The highest BCUT2D eigenvalue weighted by atomic mass is 32.1. The van der Waals surface area contributed by atoms with E-state index >= 15 is 0 Å². The molecule has 1 atom stereocenters. The first kappa shape index (κ1) is 11.9. The van der Waals surface area contributed by atoms with Crippen LogP contribution in [0.3, 0.4) is 0 Å². The van der Waals surface area contributed by atoms with Gasteiger partial charge >= 0.3 is 0 Å². The van der Waals surface area contributed by atoms with Gasteiger partial charge in [-0.05, 0) is 26.8 Å². The number of nitrogens with one attached hydrogen (secondary N) is 2. The van der Waals surface area contributed by atoms with E-state index in [1.165, 1.54) is 0 Å². The van der Waals surface area contributed by atoms with Crippen LogP contribution in [-0.2, 0) is 0 Å². The summed E-state index contributed by atoms with van der Waals surface area (Å²) < 4.78 is 0. The van der Waals surface area contributed by atoms with Crippen molar-refractivity contribution in [2.24, 2.45) is 0 Å². The molecule has 0 saturated heterocycles. The summed E-state index contributed by atoms with van der Waals surface area (Å²) in [4.78, 5) is 14.3. The second-order valence-corrected chi connectivity index (χ2v) is 5.51. The van der Waals surface area contributed by atoms with Gasteiger partial charge in [0.15, 0.2) is 0 Å². The van der Waals surface area contributed by atoms with E-state index in [9.17, 15) is 4.79 Å². The summed E-state index contributed by atoms with van der Waals surface area (Å²) in [6, 6.07) is 1.89. The van der Waals surface area contributed by atoms with Crippen molar-refractivity contribution in [2.45, 2.75) is 26.8 Å². The normalized spacial score (nSPS) is 12.4. The predicted octanol–water partition coefficient (Wildman–Crippen LogP) is 2.58. The molecule has 0 aliphatic carbocycles. The van der Waals surface area contributed by atoms with Gasteiger partial charge in [-0.25, -0.2) is 0 Å². The molecule has 0 radical (unpaired) electrons. The molecule has 90 valence electrons. The summed E-state index contributed by atoms with van der Waals surface area (Å²) in [5, 5.41) is 9.57. The number of rotatable bonds is 3. The van der Waals surface area contributed by atoms with E-state index in [0.29, 0.717) is 0 Å². The number of aromatic amines is 1. The van der Waals surface area contributed by atoms with Gasteiger partial charge < -0.3 is 5.32 Å². The standard InChI is InChI=1S/C12H15N3OS/c1-7-4-11(9(3)17-7)12(16)15-8(2)10-5-13-14-6-10/h4-6,8H,1-3H3,(H,13,14)(H,15,16). The van der Waals surface area contributed by atoms with E-state index < -0.39 is 0 Å². The molecule has 0 spiro atoms. The van der Waals surface area contributed by atoms with Crippen LogP contribution in [0.15, 0.2) is 18.5 Å². The Hall–Kier alpha value is -1.62. The predicted molar refractivity (Wildman–Crippen MR) is 68.3 cm³/mol. The number of aryl methyl sites for hydroxylation is 2. The number of aromatic nitrogens is 2. The second kappa shape index (κ2) is 4.71. The quantitative estimate of drug-likeness (QED) is 0.878. The highest BCUT2D eigenvalue weighted by molar-refractivity contribution is 7.12. The summed E-state index contributed by atoms with van der Waals surface area (Å²) in [5.41, 5.74) is 1.74. The molecule has 5 heteroatoms. The van der Waals surface area contributed by atoms with Gasteiger partial charge in [-0.2, -0.15) is 5.10 Å². The van der Waals surface area contributed by atoms with Crippen LogP contribution < -0.4 is 5.32 Å². The Balaban J connectivity index is 2.09. The van der Waals surface area contributed by atoms with Crippen LogP contribution in [0.1, 0.15) is 38.6 Å². The van der Waals surface area contributed by atoms with Crippen molar-refractivity contribution in [1.82, 2.24) is 15.5 Å². The van der Waals surface area contributed by atoms with Crippen LogP contribution >= 0.6 is 11.3 Å². The Bertz CT molecular complexity index is 516. The maximum absolute atomic E-state index is 12.0. The molecule has 0 bridgehead atoms. The van der Waals surface area contributed by atoms with Crippen LogP contribution in [0.2, 0.25) is 0 Å². The lowest BCUT2D eigenvalue weighted by atomic mass is 10.1. The number of hydrogen-bond acceptors (Lipinski definition) is 3. The van der Waals surface area contributed by atoms with Gasteiger partial charge in [-0.3, -0.25) is 9.89 Å². The molecule has 4 nitrogen and oxygen atoms in total. The first-order valence-corrected chi connectivity index (χ1v) is 6.26. The molecule has 2 aromatic heterocycles. The maximum Gasteiger partial charge on any atom is 0.252 e. The molecule has 2 heterocycles. The second-order valence-electron chi connectivity index (χ2n) is 4.05. The average molecular weight is 249 g/mol. The zero-order valence-corrected chi connectivity index (χ0v) is 10.9. The van der Waals surface area contributed by atoms with Gasteiger partial charge in [0, 0.05) is 21.5 Å². The smallest absolute Gasteiger partial charge is 0.252 e. The van der Waals surface area contributed by atoms with E-state index in [1.807, 2.05) is 26.8 Å². The van der Waals surface area contributed by atoms with E-state index in [1.54, 1.807) is 23.7 Å². The zero-order chi connectivity index (χ0) is 12.4. The fourth-order valence-corrected chi connectivity index (χ4v) is 2.63. The highest BCUT2D eigenvalue weighted by Crippen LogP contribution is 2.21. The summed E-state index contributed by atoms with van der Waals surface area (Å²) in [6.07, 6.45) is 3.51. The summed E-state index contributed by atoms with van der Waals surface area (Å²) in [6.45, 7) is 5.92. The molecule has 2 N–H and O–H groups in total. The molecule has 1 amide bonds. The number of carbonyl (C=O) groups is 1. The topological polar surface area (TPSA) is 57.8 Å². The molecule has 0 saturated carbocycles. The summed E-state index contributed by atoms with van der Waals surface area (Å²) in [7, 11) is 0. The summed E-state index contributed by atoms with van der Waals surface area (Å²) >= 11 is 1.64. The third-order valence-electron chi connectivity index (χ3n) is 2.65. The largest absolute Gasteiger partial charge is 0.345 e. The molecule has 17 heavy (non-hydrogen) atoms. The van der Waals surface area contributed by atoms with E-state index in [-0.39, 0.29) is 11.9 Å². The molecule has 0 aliphatic rings.